The van der Waals surface area contributed by atoms with E-state index in [1.807, 2.05) is 13.8 Å². The summed E-state index contributed by atoms with van der Waals surface area (Å²) in [7, 11) is -3.47. The number of hydrogen-bond donors (Lipinski definition) is 1. The van der Waals surface area contributed by atoms with Gasteiger partial charge in [0.25, 0.3) is 0 Å². The largest absolute Gasteiger partial charge is 0.309 e. The molecular formula is C13H19ClN2O2S. The van der Waals surface area contributed by atoms with Crippen LogP contribution in [-0.2, 0) is 10.0 Å². The molecule has 1 aliphatic heterocycles. The highest BCUT2D eigenvalue weighted by atomic mass is 35.5. The summed E-state index contributed by atoms with van der Waals surface area (Å²) in [5.74, 6) is 0. The van der Waals surface area contributed by atoms with Crippen LogP contribution in [0.5, 0.6) is 0 Å². The molecule has 0 bridgehead atoms. The fourth-order valence-corrected chi connectivity index (χ4v) is 4.57. The lowest BCUT2D eigenvalue weighted by atomic mass is 10.2. The van der Waals surface area contributed by atoms with Gasteiger partial charge in [0.2, 0.25) is 10.0 Å². The zero-order valence-corrected chi connectivity index (χ0v) is 12.9. The van der Waals surface area contributed by atoms with Crippen LogP contribution in [0.3, 0.4) is 0 Å². The molecular weight excluding hydrogens is 284 g/mol. The monoisotopic (exact) mass is 302 g/mol. The molecule has 1 saturated heterocycles. The third-order valence-corrected chi connectivity index (χ3v) is 5.75. The van der Waals surface area contributed by atoms with Gasteiger partial charge in [0, 0.05) is 30.2 Å². The van der Waals surface area contributed by atoms with E-state index in [-0.39, 0.29) is 12.1 Å². The molecule has 1 fully saturated rings. The summed E-state index contributed by atoms with van der Waals surface area (Å²) < 4.78 is 26.9. The molecule has 0 aromatic heterocycles. The van der Waals surface area contributed by atoms with Crippen molar-refractivity contribution in [1.29, 1.82) is 0 Å². The highest BCUT2D eigenvalue weighted by Crippen LogP contribution is 2.26. The summed E-state index contributed by atoms with van der Waals surface area (Å²) in [4.78, 5) is 0.307. The fourth-order valence-electron chi connectivity index (χ4n) is 2.48. The number of piperazine rings is 1. The van der Waals surface area contributed by atoms with Crippen LogP contribution in [0.1, 0.15) is 19.4 Å². The van der Waals surface area contributed by atoms with Gasteiger partial charge in [0.15, 0.2) is 0 Å². The lowest BCUT2D eigenvalue weighted by Crippen LogP contribution is -2.55. The Balaban J connectivity index is 2.39. The quantitative estimate of drug-likeness (QED) is 0.909. The van der Waals surface area contributed by atoms with Gasteiger partial charge in [-0.3, -0.25) is 0 Å². The average molecular weight is 303 g/mol. The smallest absolute Gasteiger partial charge is 0.243 e. The van der Waals surface area contributed by atoms with E-state index < -0.39 is 10.0 Å². The number of sulfonamides is 1. The summed E-state index contributed by atoms with van der Waals surface area (Å²) >= 11 is 6.02. The van der Waals surface area contributed by atoms with E-state index in [1.165, 1.54) is 4.31 Å². The molecule has 0 amide bonds. The first-order valence-electron chi connectivity index (χ1n) is 6.33. The molecule has 1 N–H and O–H groups in total. The summed E-state index contributed by atoms with van der Waals surface area (Å²) in [5.41, 5.74) is 0.614. The van der Waals surface area contributed by atoms with Crippen molar-refractivity contribution in [2.24, 2.45) is 0 Å². The first kappa shape index (κ1) is 14.8. The molecule has 4 nitrogen and oxygen atoms in total. The molecule has 2 unspecified atom stereocenters. The molecule has 2 rings (SSSR count). The highest BCUT2D eigenvalue weighted by molar-refractivity contribution is 7.89. The number of rotatable bonds is 2. The Hall–Kier alpha value is -0.620. The Kier molecular flexibility index (Phi) is 4.20. The van der Waals surface area contributed by atoms with Crippen molar-refractivity contribution < 1.29 is 8.42 Å². The summed E-state index contributed by atoms with van der Waals surface area (Å²) in [5, 5.41) is 3.81. The number of benzene rings is 1. The molecule has 1 heterocycles. The van der Waals surface area contributed by atoms with Gasteiger partial charge in [-0.1, -0.05) is 17.7 Å². The zero-order chi connectivity index (χ0) is 14.2. The van der Waals surface area contributed by atoms with Crippen LogP contribution < -0.4 is 5.32 Å². The zero-order valence-electron chi connectivity index (χ0n) is 11.4. The maximum Gasteiger partial charge on any atom is 0.243 e. The molecule has 0 aliphatic carbocycles. The second-order valence-corrected chi connectivity index (χ2v) is 7.47. The van der Waals surface area contributed by atoms with Gasteiger partial charge in [-0.25, -0.2) is 8.42 Å². The number of nitrogens with one attached hydrogen (secondary N) is 1. The van der Waals surface area contributed by atoms with Crippen molar-refractivity contribution >= 4 is 21.6 Å². The normalized spacial score (nSPS) is 25.5. The second-order valence-electron chi connectivity index (χ2n) is 5.15. The van der Waals surface area contributed by atoms with Gasteiger partial charge in [-0.2, -0.15) is 4.31 Å². The van der Waals surface area contributed by atoms with Crippen molar-refractivity contribution in [3.8, 4) is 0 Å². The van der Waals surface area contributed by atoms with E-state index in [0.29, 0.717) is 28.6 Å². The van der Waals surface area contributed by atoms with Crippen molar-refractivity contribution in [1.82, 2.24) is 9.62 Å². The van der Waals surface area contributed by atoms with Crippen LogP contribution in [0.2, 0.25) is 5.02 Å². The molecule has 106 valence electrons. The fraction of sp³-hybridized carbons (Fsp3) is 0.538. The Bertz CT molecular complexity index is 564. The van der Waals surface area contributed by atoms with Crippen molar-refractivity contribution in [3.05, 3.63) is 28.8 Å². The van der Waals surface area contributed by atoms with Crippen LogP contribution in [0.15, 0.2) is 23.1 Å². The Morgan fingerprint density at radius 2 is 1.84 bits per heavy atom. The second kappa shape index (κ2) is 5.40. The molecule has 0 saturated carbocycles. The average Bonchev–Trinajstić information content (AvgIpc) is 2.31. The lowest BCUT2D eigenvalue weighted by Gasteiger charge is -2.35. The van der Waals surface area contributed by atoms with Gasteiger partial charge in [0.1, 0.15) is 0 Å². The number of nitrogens with zero attached hydrogens (tertiary/aromatic N) is 1. The van der Waals surface area contributed by atoms with E-state index >= 15 is 0 Å². The molecule has 1 aromatic carbocycles. The van der Waals surface area contributed by atoms with E-state index in [4.69, 9.17) is 11.6 Å². The van der Waals surface area contributed by atoms with E-state index in [2.05, 4.69) is 5.32 Å². The van der Waals surface area contributed by atoms with Gasteiger partial charge in [0.05, 0.1) is 4.90 Å². The van der Waals surface area contributed by atoms with Crippen molar-refractivity contribution in [3.63, 3.8) is 0 Å². The minimum absolute atomic E-state index is 0.151. The predicted octanol–water partition coefficient (Wildman–Crippen LogP) is 2.02. The maximum absolute atomic E-state index is 12.7. The molecule has 0 spiro atoms. The van der Waals surface area contributed by atoms with E-state index in [0.717, 1.165) is 0 Å². The summed E-state index contributed by atoms with van der Waals surface area (Å²) in [6.45, 7) is 6.69. The van der Waals surface area contributed by atoms with Gasteiger partial charge in [-0.05, 0) is 38.5 Å². The maximum atomic E-state index is 12.7. The van der Waals surface area contributed by atoms with Crippen LogP contribution in [0, 0.1) is 6.92 Å². The number of hydrogen-bond acceptors (Lipinski definition) is 3. The van der Waals surface area contributed by atoms with Crippen LogP contribution in [0.4, 0.5) is 0 Å². The van der Waals surface area contributed by atoms with Crippen molar-refractivity contribution in [2.45, 2.75) is 37.8 Å². The van der Waals surface area contributed by atoms with Crippen LogP contribution in [0.25, 0.3) is 0 Å². The third-order valence-electron chi connectivity index (χ3n) is 3.36. The molecule has 2 atom stereocenters. The molecule has 1 aromatic rings. The van der Waals surface area contributed by atoms with Gasteiger partial charge < -0.3 is 5.32 Å². The molecule has 19 heavy (non-hydrogen) atoms. The van der Waals surface area contributed by atoms with E-state index in [1.54, 1.807) is 25.1 Å². The van der Waals surface area contributed by atoms with Crippen LogP contribution >= 0.6 is 11.6 Å². The van der Waals surface area contributed by atoms with Crippen LogP contribution in [-0.4, -0.2) is 37.9 Å². The van der Waals surface area contributed by atoms with E-state index in [9.17, 15) is 8.42 Å². The molecule has 0 radical (unpaired) electrons. The lowest BCUT2D eigenvalue weighted by molar-refractivity contribution is 0.263. The SMILES string of the molecule is Cc1c(Cl)cccc1S(=O)(=O)N1CC(C)NC(C)C1. The summed E-state index contributed by atoms with van der Waals surface area (Å²) in [6.07, 6.45) is 0. The Labute approximate surface area is 119 Å². The summed E-state index contributed by atoms with van der Waals surface area (Å²) in [6, 6.07) is 5.31. The minimum Gasteiger partial charge on any atom is -0.309 e. The molecule has 6 heteroatoms. The predicted molar refractivity (Wildman–Crippen MR) is 77.0 cm³/mol. The topological polar surface area (TPSA) is 49.4 Å². The third kappa shape index (κ3) is 2.94. The molecule has 1 aliphatic rings. The number of halogens is 1. The Morgan fingerprint density at radius 3 is 2.42 bits per heavy atom. The van der Waals surface area contributed by atoms with Gasteiger partial charge in [-0.15, -0.1) is 0 Å². The van der Waals surface area contributed by atoms with Gasteiger partial charge >= 0.3 is 0 Å². The first-order valence-corrected chi connectivity index (χ1v) is 8.15. The minimum atomic E-state index is -3.47. The first-order chi connectivity index (χ1) is 8.82. The standard InChI is InChI=1S/C13H19ClN2O2S/c1-9-7-16(8-10(2)15-9)19(17,18)13-6-4-5-12(14)11(13)3/h4-6,9-10,15H,7-8H2,1-3H3. The van der Waals surface area contributed by atoms with Crippen molar-refractivity contribution in [2.75, 3.05) is 13.1 Å². The Morgan fingerprint density at radius 1 is 1.26 bits per heavy atom. The highest BCUT2D eigenvalue weighted by Gasteiger charge is 2.32.